The minimum Gasteiger partial charge on any atom is -0.444 e. The first-order valence-electron chi connectivity index (χ1n) is 8.94. The molecule has 2 rings (SSSR count). The van der Waals surface area contributed by atoms with E-state index < -0.39 is 16.6 Å². The van der Waals surface area contributed by atoms with Crippen LogP contribution in [-0.4, -0.2) is 52.1 Å². The summed E-state index contributed by atoms with van der Waals surface area (Å²) in [6.45, 7) is 14.8. The van der Waals surface area contributed by atoms with E-state index in [1.807, 2.05) is 20.8 Å². The first-order chi connectivity index (χ1) is 10.6. The lowest BCUT2D eigenvalue weighted by atomic mass is 9.51. The Kier molecular flexibility index (Phi) is 4.55. The van der Waals surface area contributed by atoms with Gasteiger partial charge in [-0.15, -0.1) is 0 Å². The van der Waals surface area contributed by atoms with Gasteiger partial charge in [-0.3, -0.25) is 0 Å². The Morgan fingerprint density at radius 3 is 1.88 bits per heavy atom. The van der Waals surface area contributed by atoms with Gasteiger partial charge < -0.3 is 19.8 Å². The number of carbonyl (C=O) groups is 1. The summed E-state index contributed by atoms with van der Waals surface area (Å²) in [4.78, 5) is 13.8. The van der Waals surface area contributed by atoms with Crippen LogP contribution in [0.5, 0.6) is 0 Å². The molecule has 2 aliphatic rings. The zero-order chi connectivity index (χ0) is 18.6. The van der Waals surface area contributed by atoms with Gasteiger partial charge in [0.15, 0.2) is 0 Å². The highest BCUT2D eigenvalue weighted by molar-refractivity contribution is 5.69. The van der Waals surface area contributed by atoms with E-state index in [0.29, 0.717) is 25.9 Å². The molecule has 0 aromatic heterocycles. The van der Waals surface area contributed by atoms with Crippen LogP contribution in [0.3, 0.4) is 0 Å². The molecule has 1 amide bonds. The highest BCUT2D eigenvalue weighted by Crippen LogP contribution is 2.57. The largest absolute Gasteiger partial charge is 0.444 e. The molecule has 2 N–H and O–H groups in total. The van der Waals surface area contributed by atoms with Crippen molar-refractivity contribution < 1.29 is 19.7 Å². The standard InChI is InChI=1S/C19H35NO4/c1-15(2,3)24-14(22)20-11-18(12-20,13-21)19(23)9-16(4,5)8-17(6,7)10-19/h21,23H,8-13H2,1-7H3. The van der Waals surface area contributed by atoms with Crippen LogP contribution in [0.2, 0.25) is 0 Å². The second kappa shape index (κ2) is 5.60. The molecule has 1 aliphatic carbocycles. The quantitative estimate of drug-likeness (QED) is 0.809. The van der Waals surface area contributed by atoms with Gasteiger partial charge in [-0.2, -0.15) is 0 Å². The van der Waals surface area contributed by atoms with Crippen molar-refractivity contribution in [3.8, 4) is 0 Å². The summed E-state index contributed by atoms with van der Waals surface area (Å²) >= 11 is 0. The van der Waals surface area contributed by atoms with Crippen LogP contribution in [0.25, 0.3) is 0 Å². The molecular formula is C19H35NO4. The molecule has 1 heterocycles. The fraction of sp³-hybridized carbons (Fsp3) is 0.947. The molecule has 0 unspecified atom stereocenters. The van der Waals surface area contributed by atoms with Gasteiger partial charge >= 0.3 is 6.09 Å². The molecule has 1 saturated carbocycles. The zero-order valence-corrected chi connectivity index (χ0v) is 16.4. The average molecular weight is 341 g/mol. The number of likely N-dealkylation sites (tertiary alicyclic amines) is 1. The Labute approximate surface area is 146 Å². The number of hydrogen-bond donors (Lipinski definition) is 2. The fourth-order valence-electron chi connectivity index (χ4n) is 5.12. The van der Waals surface area contributed by atoms with Crippen molar-refractivity contribution in [2.75, 3.05) is 19.7 Å². The van der Waals surface area contributed by atoms with Crippen LogP contribution in [0.4, 0.5) is 4.79 Å². The minimum absolute atomic E-state index is 0.00497. The summed E-state index contributed by atoms with van der Waals surface area (Å²) < 4.78 is 5.41. The van der Waals surface area contributed by atoms with E-state index in [2.05, 4.69) is 27.7 Å². The topological polar surface area (TPSA) is 70.0 Å². The summed E-state index contributed by atoms with van der Waals surface area (Å²) in [5, 5.41) is 21.6. The normalized spacial score (nSPS) is 27.3. The minimum atomic E-state index is -0.967. The van der Waals surface area contributed by atoms with Gasteiger partial charge in [0.25, 0.3) is 0 Å². The summed E-state index contributed by atoms with van der Waals surface area (Å²) in [5.41, 5.74) is -2.15. The number of nitrogens with zero attached hydrogens (tertiary/aromatic N) is 1. The highest BCUT2D eigenvalue weighted by Gasteiger charge is 2.63. The summed E-state index contributed by atoms with van der Waals surface area (Å²) in [6, 6.07) is 0. The number of carbonyl (C=O) groups excluding carboxylic acids is 1. The molecule has 0 aromatic rings. The van der Waals surface area contributed by atoms with E-state index in [9.17, 15) is 15.0 Å². The van der Waals surface area contributed by atoms with Crippen molar-refractivity contribution in [3.05, 3.63) is 0 Å². The van der Waals surface area contributed by atoms with E-state index in [0.717, 1.165) is 6.42 Å². The smallest absolute Gasteiger partial charge is 0.410 e. The predicted molar refractivity (Wildman–Crippen MR) is 93.7 cm³/mol. The SMILES string of the molecule is CC1(C)CC(C)(C)CC(O)(C2(CO)CN(C(=O)OC(C)(C)C)C2)C1. The van der Waals surface area contributed by atoms with Crippen LogP contribution in [0.15, 0.2) is 0 Å². The van der Waals surface area contributed by atoms with Crippen molar-refractivity contribution in [1.82, 2.24) is 4.90 Å². The molecule has 5 heteroatoms. The number of hydrogen-bond acceptors (Lipinski definition) is 4. The number of aliphatic hydroxyl groups excluding tert-OH is 1. The lowest BCUT2D eigenvalue weighted by Gasteiger charge is -2.62. The first kappa shape index (κ1) is 19.5. The second-order valence-corrected chi connectivity index (χ2v) is 10.7. The van der Waals surface area contributed by atoms with Gasteiger partial charge in [-0.25, -0.2) is 4.79 Å². The summed E-state index contributed by atoms with van der Waals surface area (Å²) in [5.74, 6) is 0. The fourth-order valence-corrected chi connectivity index (χ4v) is 5.12. The van der Waals surface area contributed by atoms with Gasteiger partial charge in [-0.05, 0) is 50.9 Å². The maximum Gasteiger partial charge on any atom is 0.410 e. The third-order valence-electron chi connectivity index (χ3n) is 5.43. The number of aliphatic hydroxyl groups is 2. The van der Waals surface area contributed by atoms with Gasteiger partial charge in [0.2, 0.25) is 0 Å². The Morgan fingerprint density at radius 1 is 1.04 bits per heavy atom. The predicted octanol–water partition coefficient (Wildman–Crippen LogP) is 3.18. The third-order valence-corrected chi connectivity index (χ3v) is 5.43. The molecule has 0 spiro atoms. The monoisotopic (exact) mass is 341 g/mol. The van der Waals surface area contributed by atoms with Crippen LogP contribution in [0, 0.1) is 16.2 Å². The van der Waals surface area contributed by atoms with Crippen molar-refractivity contribution in [3.63, 3.8) is 0 Å². The Hall–Kier alpha value is -0.810. The summed E-state index contributed by atoms with van der Waals surface area (Å²) in [7, 11) is 0. The van der Waals surface area contributed by atoms with Gasteiger partial charge in [-0.1, -0.05) is 27.7 Å². The maximum atomic E-state index is 12.2. The van der Waals surface area contributed by atoms with Crippen LogP contribution >= 0.6 is 0 Å². The molecule has 2 fully saturated rings. The van der Waals surface area contributed by atoms with Crippen LogP contribution in [-0.2, 0) is 4.74 Å². The number of rotatable bonds is 2. The maximum absolute atomic E-state index is 12.2. The molecule has 1 saturated heterocycles. The molecule has 5 nitrogen and oxygen atoms in total. The van der Waals surface area contributed by atoms with E-state index >= 15 is 0 Å². The van der Waals surface area contributed by atoms with Crippen molar-refractivity contribution in [2.45, 2.75) is 78.9 Å². The lowest BCUT2D eigenvalue weighted by molar-refractivity contribution is -0.221. The summed E-state index contributed by atoms with van der Waals surface area (Å²) in [6.07, 6.45) is 1.96. The molecular weight excluding hydrogens is 306 g/mol. The van der Waals surface area contributed by atoms with Gasteiger partial charge in [0.05, 0.1) is 17.6 Å². The van der Waals surface area contributed by atoms with Crippen LogP contribution < -0.4 is 0 Å². The Bertz CT molecular complexity index is 482. The van der Waals surface area contributed by atoms with Gasteiger partial charge in [0, 0.05) is 13.1 Å². The molecule has 0 aromatic carbocycles. The van der Waals surface area contributed by atoms with E-state index in [1.165, 1.54) is 0 Å². The van der Waals surface area contributed by atoms with Crippen LogP contribution in [0.1, 0.15) is 67.7 Å². The number of amides is 1. The highest BCUT2D eigenvalue weighted by atomic mass is 16.6. The van der Waals surface area contributed by atoms with E-state index in [1.54, 1.807) is 4.90 Å². The van der Waals surface area contributed by atoms with Crippen molar-refractivity contribution in [2.24, 2.45) is 16.2 Å². The van der Waals surface area contributed by atoms with E-state index in [4.69, 9.17) is 4.74 Å². The third kappa shape index (κ3) is 3.72. The second-order valence-electron chi connectivity index (χ2n) is 10.7. The zero-order valence-electron chi connectivity index (χ0n) is 16.4. The number of ether oxygens (including phenoxy) is 1. The lowest BCUT2D eigenvalue weighted by Crippen LogP contribution is -2.72. The molecule has 0 atom stereocenters. The molecule has 0 bridgehead atoms. The van der Waals surface area contributed by atoms with Crippen molar-refractivity contribution in [1.29, 1.82) is 0 Å². The Balaban J connectivity index is 2.16. The molecule has 0 radical (unpaired) electrons. The van der Waals surface area contributed by atoms with Crippen molar-refractivity contribution >= 4 is 6.09 Å². The molecule has 140 valence electrons. The molecule has 24 heavy (non-hydrogen) atoms. The van der Waals surface area contributed by atoms with Gasteiger partial charge in [0.1, 0.15) is 5.60 Å². The molecule has 1 aliphatic heterocycles. The Morgan fingerprint density at radius 2 is 1.50 bits per heavy atom. The van der Waals surface area contributed by atoms with E-state index in [-0.39, 0.29) is 23.5 Å². The first-order valence-corrected chi connectivity index (χ1v) is 8.94. The average Bonchev–Trinajstić information content (AvgIpc) is 2.18.